The summed E-state index contributed by atoms with van der Waals surface area (Å²) in [6.45, 7) is 4.07. The highest BCUT2D eigenvalue weighted by Crippen LogP contribution is 2.20. The molecule has 1 aromatic carbocycles. The van der Waals surface area contributed by atoms with Gasteiger partial charge in [-0.15, -0.1) is 0 Å². The van der Waals surface area contributed by atoms with Gasteiger partial charge in [0.25, 0.3) is 0 Å². The number of piperazine rings is 1. The normalized spacial score (nSPS) is 19.2. The molecule has 3 rings (SSSR count). The molecule has 2 saturated heterocycles. The van der Waals surface area contributed by atoms with Gasteiger partial charge < -0.3 is 19.4 Å². The Morgan fingerprint density at radius 3 is 2.65 bits per heavy atom. The molecule has 0 bridgehead atoms. The molecule has 124 valence electrons. The van der Waals surface area contributed by atoms with Crippen LogP contribution in [0.4, 0.5) is 5.69 Å². The summed E-state index contributed by atoms with van der Waals surface area (Å²) in [4.78, 5) is 29.7. The van der Waals surface area contributed by atoms with E-state index in [4.69, 9.17) is 16.3 Å². The second-order valence-electron chi connectivity index (χ2n) is 5.72. The molecule has 2 amide bonds. The Bertz CT molecular complexity index is 588. The van der Waals surface area contributed by atoms with Gasteiger partial charge in [0.15, 0.2) is 0 Å². The van der Waals surface area contributed by atoms with Crippen molar-refractivity contribution in [3.05, 3.63) is 29.3 Å². The summed E-state index contributed by atoms with van der Waals surface area (Å²) >= 11 is 6.03. The number of anilines is 1. The molecule has 0 radical (unpaired) electrons. The zero-order valence-electron chi connectivity index (χ0n) is 12.9. The van der Waals surface area contributed by atoms with Crippen LogP contribution >= 0.6 is 11.6 Å². The highest BCUT2D eigenvalue weighted by molar-refractivity contribution is 6.30. The number of amides is 2. The van der Waals surface area contributed by atoms with Gasteiger partial charge in [-0.3, -0.25) is 9.59 Å². The third-order valence-corrected chi connectivity index (χ3v) is 4.45. The Morgan fingerprint density at radius 2 is 1.96 bits per heavy atom. The van der Waals surface area contributed by atoms with Crippen LogP contribution in [0.2, 0.25) is 5.02 Å². The maximum atomic E-state index is 12.4. The lowest BCUT2D eigenvalue weighted by atomic mass is 10.2. The number of carbonyl (C=O) groups excluding carboxylic acids is 2. The van der Waals surface area contributed by atoms with E-state index in [1.54, 1.807) is 4.90 Å². The lowest BCUT2D eigenvalue weighted by Gasteiger charge is -2.37. The molecule has 0 saturated carbocycles. The lowest BCUT2D eigenvalue weighted by molar-refractivity contribution is -0.148. The number of hydrogen-bond acceptors (Lipinski definition) is 4. The molecule has 0 spiro atoms. The topological polar surface area (TPSA) is 53.1 Å². The molecule has 0 aliphatic carbocycles. The quantitative estimate of drug-likeness (QED) is 0.820. The van der Waals surface area contributed by atoms with Gasteiger partial charge in [0.2, 0.25) is 11.8 Å². The van der Waals surface area contributed by atoms with E-state index in [1.807, 2.05) is 29.2 Å². The van der Waals surface area contributed by atoms with E-state index >= 15 is 0 Å². The molecule has 0 N–H and O–H groups in total. The summed E-state index contributed by atoms with van der Waals surface area (Å²) in [6.07, 6.45) is 0. The van der Waals surface area contributed by atoms with Crippen molar-refractivity contribution in [2.24, 2.45) is 0 Å². The van der Waals surface area contributed by atoms with Gasteiger partial charge >= 0.3 is 0 Å². The van der Waals surface area contributed by atoms with Crippen LogP contribution in [-0.4, -0.2) is 74.1 Å². The van der Waals surface area contributed by atoms with Crippen LogP contribution < -0.4 is 4.90 Å². The molecular formula is C16H20ClN3O3. The molecule has 2 heterocycles. The zero-order chi connectivity index (χ0) is 16.2. The first-order valence-corrected chi connectivity index (χ1v) is 8.15. The van der Waals surface area contributed by atoms with Crippen molar-refractivity contribution >= 4 is 29.1 Å². The van der Waals surface area contributed by atoms with Crippen molar-refractivity contribution in [2.75, 3.05) is 57.4 Å². The van der Waals surface area contributed by atoms with Crippen molar-refractivity contribution in [2.45, 2.75) is 0 Å². The number of halogens is 1. The number of rotatable bonds is 3. The standard InChI is InChI=1S/C16H20ClN3O3/c17-13-2-1-3-14(10-13)18-4-6-19(7-5-18)15(21)11-20-8-9-23-12-16(20)22/h1-3,10H,4-9,11-12H2. The SMILES string of the molecule is O=C(CN1CCOCC1=O)N1CCN(c2cccc(Cl)c2)CC1. The van der Waals surface area contributed by atoms with Gasteiger partial charge in [-0.05, 0) is 18.2 Å². The number of carbonyl (C=O) groups is 2. The summed E-state index contributed by atoms with van der Waals surface area (Å²) in [6, 6.07) is 7.74. The first kappa shape index (κ1) is 16.1. The summed E-state index contributed by atoms with van der Waals surface area (Å²) < 4.78 is 5.08. The minimum absolute atomic E-state index is 0.00555. The molecule has 2 aliphatic heterocycles. The Kier molecular flexibility index (Phi) is 5.03. The fourth-order valence-corrected chi connectivity index (χ4v) is 3.05. The Morgan fingerprint density at radius 1 is 1.17 bits per heavy atom. The van der Waals surface area contributed by atoms with Gasteiger partial charge in [-0.1, -0.05) is 17.7 Å². The van der Waals surface area contributed by atoms with Crippen LogP contribution in [0.25, 0.3) is 0 Å². The fraction of sp³-hybridized carbons (Fsp3) is 0.500. The monoisotopic (exact) mass is 337 g/mol. The van der Waals surface area contributed by atoms with Crippen molar-refractivity contribution in [1.29, 1.82) is 0 Å². The zero-order valence-corrected chi connectivity index (χ0v) is 13.7. The van der Waals surface area contributed by atoms with E-state index in [9.17, 15) is 9.59 Å². The van der Waals surface area contributed by atoms with E-state index in [0.29, 0.717) is 31.3 Å². The molecular weight excluding hydrogens is 318 g/mol. The fourth-order valence-electron chi connectivity index (χ4n) is 2.87. The molecule has 0 atom stereocenters. The highest BCUT2D eigenvalue weighted by Gasteiger charge is 2.26. The van der Waals surface area contributed by atoms with Crippen LogP contribution in [0.5, 0.6) is 0 Å². The second-order valence-corrected chi connectivity index (χ2v) is 6.15. The van der Waals surface area contributed by atoms with E-state index in [0.717, 1.165) is 18.8 Å². The van der Waals surface area contributed by atoms with Crippen molar-refractivity contribution < 1.29 is 14.3 Å². The predicted octanol–water partition coefficient (Wildman–Crippen LogP) is 0.847. The van der Waals surface area contributed by atoms with Crippen LogP contribution in [0.1, 0.15) is 0 Å². The molecule has 7 heteroatoms. The minimum Gasteiger partial charge on any atom is -0.370 e. The highest BCUT2D eigenvalue weighted by atomic mass is 35.5. The largest absolute Gasteiger partial charge is 0.370 e. The van der Waals surface area contributed by atoms with Gasteiger partial charge in [0.05, 0.1) is 13.2 Å². The van der Waals surface area contributed by atoms with Crippen LogP contribution in [-0.2, 0) is 14.3 Å². The molecule has 6 nitrogen and oxygen atoms in total. The van der Waals surface area contributed by atoms with Gasteiger partial charge in [-0.2, -0.15) is 0 Å². The smallest absolute Gasteiger partial charge is 0.249 e. The number of morpholine rings is 1. The van der Waals surface area contributed by atoms with Crippen molar-refractivity contribution in [3.63, 3.8) is 0 Å². The van der Waals surface area contributed by atoms with E-state index in [1.165, 1.54) is 0 Å². The first-order chi connectivity index (χ1) is 11.1. The average molecular weight is 338 g/mol. The van der Waals surface area contributed by atoms with Gasteiger partial charge in [0.1, 0.15) is 6.61 Å². The molecule has 0 unspecified atom stereocenters. The number of nitrogens with zero attached hydrogens (tertiary/aromatic N) is 3. The Hall–Kier alpha value is -1.79. The van der Waals surface area contributed by atoms with Crippen LogP contribution in [0.15, 0.2) is 24.3 Å². The maximum absolute atomic E-state index is 12.4. The average Bonchev–Trinajstić information content (AvgIpc) is 2.57. The summed E-state index contributed by atoms with van der Waals surface area (Å²) in [5.41, 5.74) is 1.08. The molecule has 23 heavy (non-hydrogen) atoms. The molecule has 1 aromatic rings. The summed E-state index contributed by atoms with van der Waals surface area (Å²) in [5, 5.41) is 0.715. The molecule has 0 aromatic heterocycles. The number of hydrogen-bond donors (Lipinski definition) is 0. The predicted molar refractivity (Wildman–Crippen MR) is 87.6 cm³/mol. The van der Waals surface area contributed by atoms with Crippen molar-refractivity contribution in [3.8, 4) is 0 Å². The van der Waals surface area contributed by atoms with Crippen LogP contribution in [0, 0.1) is 0 Å². The lowest BCUT2D eigenvalue weighted by Crippen LogP contribution is -2.53. The third-order valence-electron chi connectivity index (χ3n) is 4.22. The molecule has 2 fully saturated rings. The summed E-state index contributed by atoms with van der Waals surface area (Å²) in [5.74, 6) is -0.104. The minimum atomic E-state index is -0.109. The third kappa shape index (κ3) is 3.95. The van der Waals surface area contributed by atoms with Gasteiger partial charge in [-0.25, -0.2) is 0 Å². The molecule has 2 aliphatic rings. The van der Waals surface area contributed by atoms with Crippen molar-refractivity contribution in [1.82, 2.24) is 9.80 Å². The maximum Gasteiger partial charge on any atom is 0.249 e. The number of benzene rings is 1. The Labute approximate surface area is 140 Å². The first-order valence-electron chi connectivity index (χ1n) is 7.77. The Balaban J connectivity index is 1.52. The summed E-state index contributed by atoms with van der Waals surface area (Å²) in [7, 11) is 0. The van der Waals surface area contributed by atoms with E-state index in [2.05, 4.69) is 4.90 Å². The van der Waals surface area contributed by atoms with E-state index < -0.39 is 0 Å². The van der Waals surface area contributed by atoms with E-state index in [-0.39, 0.29) is 25.0 Å². The van der Waals surface area contributed by atoms with Crippen LogP contribution in [0.3, 0.4) is 0 Å². The number of ether oxygens (including phenoxy) is 1. The van der Waals surface area contributed by atoms with Gasteiger partial charge in [0, 0.05) is 43.4 Å². The second kappa shape index (κ2) is 7.19.